The van der Waals surface area contributed by atoms with E-state index in [9.17, 15) is 22.0 Å². The summed E-state index contributed by atoms with van der Waals surface area (Å²) in [6, 6.07) is 1.27. The van der Waals surface area contributed by atoms with Crippen LogP contribution in [0.25, 0.3) is 0 Å². The number of hydrogen-bond donors (Lipinski definition) is 0. The summed E-state index contributed by atoms with van der Waals surface area (Å²) < 4.78 is 60.4. The predicted molar refractivity (Wildman–Crippen MR) is 46.9 cm³/mol. The van der Waals surface area contributed by atoms with Gasteiger partial charge in [-0.25, -0.2) is 13.8 Å². The minimum Gasteiger partial charge on any atom is -0.237 e. The standard InChI is InChI=1S/C7H3F5IN/c8-6(9)3-1-4(7(10,11)12)14-5(13)2-3/h1-2,6H. The average molecular weight is 323 g/mol. The molecule has 0 aliphatic heterocycles. The largest absolute Gasteiger partial charge is 0.433 e. The van der Waals surface area contributed by atoms with Crippen LogP contribution in [0.15, 0.2) is 12.1 Å². The molecule has 1 aromatic rings. The Balaban J connectivity index is 3.21. The first kappa shape index (κ1) is 11.6. The Labute approximate surface area is 89.5 Å². The van der Waals surface area contributed by atoms with Gasteiger partial charge in [0, 0.05) is 5.56 Å². The summed E-state index contributed by atoms with van der Waals surface area (Å²) in [5, 5.41) is 0. The Bertz CT molecular complexity index is 335. The molecule has 1 rings (SSSR count). The second-order valence-corrected chi connectivity index (χ2v) is 3.51. The molecule has 0 saturated heterocycles. The molecule has 0 aliphatic carbocycles. The molecule has 0 saturated carbocycles. The maximum absolute atomic E-state index is 12.1. The molecule has 1 aromatic heterocycles. The number of aromatic nitrogens is 1. The summed E-state index contributed by atoms with van der Waals surface area (Å²) >= 11 is 1.46. The summed E-state index contributed by atoms with van der Waals surface area (Å²) in [6.07, 6.45) is -7.61. The topological polar surface area (TPSA) is 12.9 Å². The zero-order valence-electron chi connectivity index (χ0n) is 6.45. The van der Waals surface area contributed by atoms with Crippen LogP contribution in [-0.4, -0.2) is 4.98 Å². The lowest BCUT2D eigenvalue weighted by Gasteiger charge is -2.08. The van der Waals surface area contributed by atoms with E-state index in [1.165, 1.54) is 22.6 Å². The van der Waals surface area contributed by atoms with Gasteiger partial charge in [0.1, 0.15) is 9.39 Å². The molecule has 0 spiro atoms. The van der Waals surface area contributed by atoms with Crippen LogP contribution < -0.4 is 0 Å². The van der Waals surface area contributed by atoms with Crippen molar-refractivity contribution in [2.24, 2.45) is 0 Å². The van der Waals surface area contributed by atoms with Gasteiger partial charge in [0.05, 0.1) is 0 Å². The van der Waals surface area contributed by atoms with Crippen LogP contribution in [0, 0.1) is 3.70 Å². The third kappa shape index (κ3) is 2.76. The van der Waals surface area contributed by atoms with E-state index in [4.69, 9.17) is 0 Å². The Kier molecular flexibility index (Phi) is 3.28. The van der Waals surface area contributed by atoms with Crippen LogP contribution >= 0.6 is 22.6 Å². The van der Waals surface area contributed by atoms with Crippen molar-refractivity contribution < 1.29 is 22.0 Å². The Morgan fingerprint density at radius 3 is 2.21 bits per heavy atom. The molecule has 0 unspecified atom stereocenters. The molecule has 0 fully saturated rings. The van der Waals surface area contributed by atoms with Gasteiger partial charge in [-0.05, 0) is 34.7 Å². The summed E-state index contributed by atoms with van der Waals surface area (Å²) in [4.78, 5) is 3.12. The average Bonchev–Trinajstić information content (AvgIpc) is 2.01. The number of halogens is 6. The molecule has 7 heteroatoms. The smallest absolute Gasteiger partial charge is 0.237 e. The van der Waals surface area contributed by atoms with Crippen LogP contribution in [0.1, 0.15) is 17.7 Å². The van der Waals surface area contributed by atoms with Crippen molar-refractivity contribution >= 4 is 22.6 Å². The molecular formula is C7H3F5IN. The Morgan fingerprint density at radius 1 is 1.21 bits per heavy atom. The van der Waals surface area contributed by atoms with Crippen molar-refractivity contribution in [1.82, 2.24) is 4.98 Å². The van der Waals surface area contributed by atoms with Crippen molar-refractivity contribution in [2.75, 3.05) is 0 Å². The summed E-state index contributed by atoms with van der Waals surface area (Å²) in [7, 11) is 0. The SMILES string of the molecule is FC(F)c1cc(I)nc(C(F)(F)F)c1. The van der Waals surface area contributed by atoms with Crippen LogP contribution in [0.3, 0.4) is 0 Å². The monoisotopic (exact) mass is 323 g/mol. The molecule has 0 bridgehead atoms. The molecule has 0 radical (unpaired) electrons. The van der Waals surface area contributed by atoms with Crippen molar-refractivity contribution in [3.8, 4) is 0 Å². The minimum absolute atomic E-state index is 0.104. The van der Waals surface area contributed by atoms with Gasteiger partial charge in [-0.3, -0.25) is 0 Å². The van der Waals surface area contributed by atoms with Crippen LogP contribution in [0.4, 0.5) is 22.0 Å². The Morgan fingerprint density at radius 2 is 1.79 bits per heavy atom. The normalized spacial score (nSPS) is 12.2. The lowest BCUT2D eigenvalue weighted by molar-refractivity contribution is -0.141. The van der Waals surface area contributed by atoms with Gasteiger partial charge >= 0.3 is 6.18 Å². The van der Waals surface area contributed by atoms with Gasteiger partial charge in [-0.2, -0.15) is 13.2 Å². The van der Waals surface area contributed by atoms with E-state index in [1.807, 2.05) is 0 Å². The van der Waals surface area contributed by atoms with Gasteiger partial charge in [0.15, 0.2) is 0 Å². The van der Waals surface area contributed by atoms with Gasteiger partial charge in [-0.15, -0.1) is 0 Å². The zero-order valence-corrected chi connectivity index (χ0v) is 8.60. The first-order valence-corrected chi connectivity index (χ1v) is 4.41. The molecule has 1 nitrogen and oxygen atoms in total. The minimum atomic E-state index is -4.69. The molecule has 0 amide bonds. The zero-order chi connectivity index (χ0) is 10.9. The molecule has 0 aliphatic rings. The fraction of sp³-hybridized carbons (Fsp3) is 0.286. The quantitative estimate of drug-likeness (QED) is 0.437. The number of rotatable bonds is 1. The molecule has 1 heterocycles. The van der Waals surface area contributed by atoms with Crippen LogP contribution in [0.5, 0.6) is 0 Å². The first-order valence-electron chi connectivity index (χ1n) is 3.33. The number of alkyl halides is 5. The number of hydrogen-bond acceptors (Lipinski definition) is 1. The third-order valence-electron chi connectivity index (χ3n) is 1.36. The lowest BCUT2D eigenvalue weighted by atomic mass is 10.2. The highest BCUT2D eigenvalue weighted by Gasteiger charge is 2.33. The summed E-state index contributed by atoms with van der Waals surface area (Å²) in [5.74, 6) is 0. The van der Waals surface area contributed by atoms with Gasteiger partial charge in [-0.1, -0.05) is 0 Å². The number of nitrogens with zero attached hydrogens (tertiary/aromatic N) is 1. The third-order valence-corrected chi connectivity index (χ3v) is 1.91. The van der Waals surface area contributed by atoms with Crippen molar-refractivity contribution in [3.05, 3.63) is 27.1 Å². The number of pyridine rings is 1. The molecule has 14 heavy (non-hydrogen) atoms. The van der Waals surface area contributed by atoms with Gasteiger partial charge in [0.25, 0.3) is 6.43 Å². The van der Waals surface area contributed by atoms with Crippen LogP contribution in [0.2, 0.25) is 0 Å². The van der Waals surface area contributed by atoms with Crippen molar-refractivity contribution in [1.29, 1.82) is 0 Å². The molecule has 0 N–H and O–H groups in total. The highest BCUT2D eigenvalue weighted by molar-refractivity contribution is 14.1. The Hall–Kier alpha value is -0.470. The predicted octanol–water partition coefficient (Wildman–Crippen LogP) is 3.64. The summed E-state index contributed by atoms with van der Waals surface area (Å²) in [6.45, 7) is 0. The van der Waals surface area contributed by atoms with Crippen molar-refractivity contribution in [3.63, 3.8) is 0 Å². The summed E-state index contributed by atoms with van der Waals surface area (Å²) in [5.41, 5.74) is -1.96. The second kappa shape index (κ2) is 3.95. The van der Waals surface area contributed by atoms with E-state index in [2.05, 4.69) is 4.98 Å². The molecule has 78 valence electrons. The van der Waals surface area contributed by atoms with E-state index in [1.54, 1.807) is 0 Å². The van der Waals surface area contributed by atoms with E-state index in [0.29, 0.717) is 6.07 Å². The molecular weight excluding hydrogens is 320 g/mol. The van der Waals surface area contributed by atoms with E-state index in [0.717, 1.165) is 6.07 Å². The maximum atomic E-state index is 12.1. The maximum Gasteiger partial charge on any atom is 0.433 e. The second-order valence-electron chi connectivity index (χ2n) is 2.41. The van der Waals surface area contributed by atoms with Crippen molar-refractivity contribution in [2.45, 2.75) is 12.6 Å². The van der Waals surface area contributed by atoms with E-state index in [-0.39, 0.29) is 3.70 Å². The van der Waals surface area contributed by atoms with E-state index < -0.39 is 23.9 Å². The van der Waals surface area contributed by atoms with E-state index >= 15 is 0 Å². The fourth-order valence-electron chi connectivity index (χ4n) is 0.788. The highest BCUT2D eigenvalue weighted by atomic mass is 127. The fourth-order valence-corrected chi connectivity index (χ4v) is 1.41. The molecule has 0 atom stereocenters. The first-order chi connectivity index (χ1) is 6.30. The van der Waals surface area contributed by atoms with Gasteiger partial charge in [0.2, 0.25) is 0 Å². The molecule has 0 aromatic carbocycles. The van der Waals surface area contributed by atoms with Gasteiger partial charge < -0.3 is 0 Å². The highest BCUT2D eigenvalue weighted by Crippen LogP contribution is 2.31. The van der Waals surface area contributed by atoms with Crippen LogP contribution in [-0.2, 0) is 6.18 Å². The lowest BCUT2D eigenvalue weighted by Crippen LogP contribution is -2.09.